The van der Waals surface area contributed by atoms with Gasteiger partial charge in [0.15, 0.2) is 0 Å². The number of nitrogens with zero attached hydrogens (tertiary/aromatic N) is 3. The lowest BCUT2D eigenvalue weighted by Crippen LogP contribution is -2.42. The molecule has 1 aliphatic heterocycles. The van der Waals surface area contributed by atoms with Crippen LogP contribution in [0.1, 0.15) is 11.4 Å². The first-order valence-corrected chi connectivity index (χ1v) is 6.52. The molecule has 0 radical (unpaired) electrons. The number of hydrogen-bond donors (Lipinski definition) is 2. The Kier molecular flexibility index (Phi) is 3.12. The highest BCUT2D eigenvalue weighted by Gasteiger charge is 2.31. The van der Waals surface area contributed by atoms with E-state index in [1.807, 2.05) is 24.5 Å². The SMILES string of the molecule is C[N+]1(Cc2cccc(O)c2)C=CN=C1Cc1ncc[nH]1. The number of quaternary nitrogens is 1. The summed E-state index contributed by atoms with van der Waals surface area (Å²) < 4.78 is 0.601. The number of aromatic hydroxyl groups is 1. The van der Waals surface area contributed by atoms with Crippen molar-refractivity contribution < 1.29 is 9.59 Å². The maximum Gasteiger partial charge on any atom is 0.215 e. The number of aromatic nitrogens is 2. The molecule has 2 heterocycles. The fraction of sp³-hybridized carbons (Fsp3) is 0.200. The van der Waals surface area contributed by atoms with Gasteiger partial charge in [0.25, 0.3) is 0 Å². The van der Waals surface area contributed by atoms with E-state index in [1.165, 1.54) is 0 Å². The van der Waals surface area contributed by atoms with Crippen LogP contribution >= 0.6 is 0 Å². The van der Waals surface area contributed by atoms with E-state index in [1.54, 1.807) is 18.3 Å². The molecule has 0 saturated carbocycles. The highest BCUT2D eigenvalue weighted by atomic mass is 16.3. The Labute approximate surface area is 117 Å². The quantitative estimate of drug-likeness (QED) is 0.836. The number of hydrogen-bond acceptors (Lipinski definition) is 3. The van der Waals surface area contributed by atoms with Crippen LogP contribution in [0.25, 0.3) is 0 Å². The van der Waals surface area contributed by atoms with Crippen molar-refractivity contribution >= 4 is 5.84 Å². The van der Waals surface area contributed by atoms with E-state index in [0.29, 0.717) is 16.7 Å². The van der Waals surface area contributed by atoms with Gasteiger partial charge >= 0.3 is 0 Å². The zero-order valence-corrected chi connectivity index (χ0v) is 11.3. The molecule has 20 heavy (non-hydrogen) atoms. The van der Waals surface area contributed by atoms with Crippen LogP contribution in [0.15, 0.2) is 54.1 Å². The van der Waals surface area contributed by atoms with Gasteiger partial charge in [0.05, 0.1) is 13.2 Å². The number of nitrogens with one attached hydrogen (secondary N) is 1. The van der Waals surface area contributed by atoms with Crippen LogP contribution in [-0.2, 0) is 13.0 Å². The van der Waals surface area contributed by atoms with Gasteiger partial charge in [0.1, 0.15) is 30.7 Å². The van der Waals surface area contributed by atoms with Crippen molar-refractivity contribution in [3.05, 3.63) is 60.4 Å². The summed E-state index contributed by atoms with van der Waals surface area (Å²) in [6.07, 6.45) is 8.15. The number of aromatic amines is 1. The second-order valence-corrected chi connectivity index (χ2v) is 5.15. The highest BCUT2D eigenvalue weighted by Crippen LogP contribution is 2.22. The van der Waals surface area contributed by atoms with Crippen molar-refractivity contribution in [3.63, 3.8) is 0 Å². The van der Waals surface area contributed by atoms with Crippen LogP contribution in [0.3, 0.4) is 0 Å². The normalized spacial score (nSPS) is 21.1. The number of aliphatic imine (C=N–C) groups is 1. The molecule has 0 aliphatic carbocycles. The zero-order chi connectivity index (χ0) is 14.0. The van der Waals surface area contributed by atoms with Crippen LogP contribution in [0.2, 0.25) is 0 Å². The molecular formula is C15H17N4O+. The maximum absolute atomic E-state index is 9.57. The van der Waals surface area contributed by atoms with E-state index < -0.39 is 0 Å². The van der Waals surface area contributed by atoms with Crippen molar-refractivity contribution in [3.8, 4) is 5.75 Å². The maximum atomic E-state index is 9.57. The van der Waals surface area contributed by atoms with E-state index in [4.69, 9.17) is 0 Å². The third-order valence-corrected chi connectivity index (χ3v) is 3.51. The fourth-order valence-electron chi connectivity index (χ4n) is 2.43. The molecule has 0 fully saturated rings. The van der Waals surface area contributed by atoms with Crippen molar-refractivity contribution in [1.82, 2.24) is 9.97 Å². The molecule has 3 rings (SSSR count). The number of phenolic OH excluding ortho intramolecular Hbond substituents is 1. The molecule has 2 N–H and O–H groups in total. The Bertz CT molecular complexity index is 660. The lowest BCUT2D eigenvalue weighted by molar-refractivity contribution is -0.779. The van der Waals surface area contributed by atoms with Crippen LogP contribution in [-0.4, -0.2) is 32.4 Å². The average molecular weight is 269 g/mol. The number of H-pyrrole nitrogens is 1. The molecule has 5 nitrogen and oxygen atoms in total. The summed E-state index contributed by atoms with van der Waals surface area (Å²) in [7, 11) is 2.11. The number of likely N-dealkylation sites (N-methyl/N-ethyl adjacent to an activating group) is 1. The fourth-order valence-corrected chi connectivity index (χ4v) is 2.43. The van der Waals surface area contributed by atoms with Crippen LogP contribution < -0.4 is 0 Å². The summed E-state index contributed by atoms with van der Waals surface area (Å²) in [5.41, 5.74) is 1.08. The number of imidazole rings is 1. The third kappa shape index (κ3) is 2.48. The Morgan fingerprint density at radius 3 is 3.00 bits per heavy atom. The molecule has 1 aromatic heterocycles. The Balaban J connectivity index is 1.80. The van der Waals surface area contributed by atoms with E-state index >= 15 is 0 Å². The first-order valence-electron chi connectivity index (χ1n) is 6.52. The molecule has 0 saturated heterocycles. The largest absolute Gasteiger partial charge is 0.508 e. The lowest BCUT2D eigenvalue weighted by Gasteiger charge is -2.27. The molecule has 1 atom stereocenters. The van der Waals surface area contributed by atoms with E-state index in [0.717, 1.165) is 23.8 Å². The second-order valence-electron chi connectivity index (χ2n) is 5.15. The monoisotopic (exact) mass is 269 g/mol. The van der Waals surface area contributed by atoms with E-state index in [9.17, 15) is 5.11 Å². The van der Waals surface area contributed by atoms with Gasteiger partial charge in [0, 0.05) is 18.0 Å². The Morgan fingerprint density at radius 1 is 1.35 bits per heavy atom. The molecule has 1 aliphatic rings. The summed E-state index contributed by atoms with van der Waals surface area (Å²) in [6.45, 7) is 0.754. The molecule has 0 amide bonds. The predicted molar refractivity (Wildman–Crippen MR) is 76.9 cm³/mol. The van der Waals surface area contributed by atoms with Gasteiger partial charge in [-0.05, 0) is 12.1 Å². The average Bonchev–Trinajstić information content (AvgIpc) is 3.01. The van der Waals surface area contributed by atoms with Gasteiger partial charge in [0.2, 0.25) is 5.84 Å². The minimum absolute atomic E-state index is 0.293. The molecular weight excluding hydrogens is 252 g/mol. The van der Waals surface area contributed by atoms with Crippen molar-refractivity contribution in [2.24, 2.45) is 4.99 Å². The van der Waals surface area contributed by atoms with Crippen molar-refractivity contribution in [1.29, 1.82) is 0 Å². The number of phenols is 1. The van der Waals surface area contributed by atoms with Gasteiger partial charge in [-0.25, -0.2) is 14.5 Å². The number of benzene rings is 1. The van der Waals surface area contributed by atoms with E-state index in [-0.39, 0.29) is 0 Å². The second kappa shape index (κ2) is 4.94. The van der Waals surface area contributed by atoms with Gasteiger partial charge in [-0.3, -0.25) is 0 Å². The summed E-state index contributed by atoms with van der Waals surface area (Å²) in [5, 5.41) is 9.57. The summed E-state index contributed by atoms with van der Waals surface area (Å²) in [6, 6.07) is 7.35. The lowest BCUT2D eigenvalue weighted by atomic mass is 10.1. The molecule has 1 unspecified atom stereocenters. The van der Waals surface area contributed by atoms with Crippen LogP contribution in [0.5, 0.6) is 5.75 Å². The molecule has 1 aromatic carbocycles. The topological polar surface area (TPSA) is 61.3 Å². The smallest absolute Gasteiger partial charge is 0.215 e. The Morgan fingerprint density at radius 2 is 2.25 bits per heavy atom. The third-order valence-electron chi connectivity index (χ3n) is 3.51. The summed E-state index contributed by atoms with van der Waals surface area (Å²) in [5.74, 6) is 2.23. The molecule has 5 heteroatoms. The summed E-state index contributed by atoms with van der Waals surface area (Å²) in [4.78, 5) is 11.8. The Hall–Kier alpha value is -2.40. The minimum atomic E-state index is 0.293. The van der Waals surface area contributed by atoms with Crippen LogP contribution in [0, 0.1) is 0 Å². The first kappa shape index (κ1) is 12.6. The molecule has 0 spiro atoms. The minimum Gasteiger partial charge on any atom is -0.508 e. The molecule has 0 bridgehead atoms. The van der Waals surface area contributed by atoms with Gasteiger partial charge in [-0.1, -0.05) is 12.1 Å². The zero-order valence-electron chi connectivity index (χ0n) is 11.3. The van der Waals surface area contributed by atoms with Crippen LogP contribution in [0.4, 0.5) is 0 Å². The predicted octanol–water partition coefficient (Wildman–Crippen LogP) is 2.19. The van der Waals surface area contributed by atoms with Crippen molar-refractivity contribution in [2.75, 3.05) is 7.05 Å². The first-order chi connectivity index (χ1) is 9.66. The van der Waals surface area contributed by atoms with E-state index in [2.05, 4.69) is 28.2 Å². The van der Waals surface area contributed by atoms with Gasteiger partial charge in [-0.2, -0.15) is 0 Å². The molecule has 102 valence electrons. The van der Waals surface area contributed by atoms with Gasteiger partial charge < -0.3 is 10.1 Å². The summed E-state index contributed by atoms with van der Waals surface area (Å²) >= 11 is 0. The standard InChI is InChI=1S/C15H16N4O/c1-19(11-12-3-2-4-13(20)9-12)8-7-18-15(19)10-14-16-5-6-17-14/h2-9H,10-11H2,1H3,(H-,16,17,20)/p+1. The molecule has 2 aromatic rings. The van der Waals surface area contributed by atoms with Gasteiger partial charge in [-0.15, -0.1) is 0 Å². The van der Waals surface area contributed by atoms with Crippen molar-refractivity contribution in [2.45, 2.75) is 13.0 Å². The highest BCUT2D eigenvalue weighted by molar-refractivity contribution is 5.79. The number of amidine groups is 1. The number of rotatable bonds is 4.